The van der Waals surface area contributed by atoms with Crippen molar-refractivity contribution in [2.45, 2.75) is 200 Å². The second-order valence-electron chi connectivity index (χ2n) is 29.8. The number of rotatable bonds is 19. The number of halogens is 1. The van der Waals surface area contributed by atoms with Gasteiger partial charge < -0.3 is 50.5 Å². The molecule has 0 bridgehead atoms. The van der Waals surface area contributed by atoms with Crippen LogP contribution >= 0.6 is 11.3 Å². The summed E-state index contributed by atoms with van der Waals surface area (Å²) in [5.41, 5.74) is 8.80. The number of aromatic nitrogens is 4. The van der Waals surface area contributed by atoms with Crippen molar-refractivity contribution >= 4 is 75.0 Å². The second-order valence-corrected chi connectivity index (χ2v) is 30.6. The summed E-state index contributed by atoms with van der Waals surface area (Å²) in [7, 11) is 0. The van der Waals surface area contributed by atoms with Gasteiger partial charge in [-0.15, -0.1) is 11.3 Å². The molecule has 5 N–H and O–H groups in total. The molecule has 1 aliphatic carbocycles. The van der Waals surface area contributed by atoms with E-state index in [0.717, 1.165) is 83.7 Å². The first-order chi connectivity index (χ1) is 45.8. The number of carbonyl (C=O) groups excluding carboxylic acids is 6. The highest BCUT2D eigenvalue weighted by atomic mass is 32.1. The SMILES string of the molecule is Cc1cc(F)c(Nc2nc(-c3ccc4c(c3)N([C@H]3C[C@@H](N5CCCCC5)C3)C(=O)C43CCN(C(=O)CCC4CCN(CC(=O)N[C@H](C(=O)N5C[C@H](O)C[C@H]5C(=O)N[C@@H](C)c5ccc(-c6scnc6C)cc5)C(C)(C)C)CC4)CC3)cc3ncn(C(C)C)c23)cc1C(=O)NC(C)C. The predicted octanol–water partition coefficient (Wildman–Crippen LogP) is 10.5. The lowest BCUT2D eigenvalue weighted by atomic mass is 9.73. The normalized spacial score (nSPS) is 21.6. The summed E-state index contributed by atoms with van der Waals surface area (Å²) in [6, 6.07) is 17.2. The number of thiazole rings is 1. The molecule has 12 rings (SSSR count). The van der Waals surface area contributed by atoms with Gasteiger partial charge in [-0.05, 0) is 190 Å². The molecular weight excluding hydrogens is 1230 g/mol. The maximum absolute atomic E-state index is 16.0. The molecular formula is C74H96FN13O7S. The van der Waals surface area contributed by atoms with Crippen molar-refractivity contribution in [3.8, 4) is 21.7 Å². The van der Waals surface area contributed by atoms with Crippen LogP contribution in [0.3, 0.4) is 0 Å². The van der Waals surface area contributed by atoms with Crippen LogP contribution in [-0.4, -0.2) is 168 Å². The van der Waals surface area contributed by atoms with Crippen molar-refractivity contribution in [1.82, 2.24) is 55.1 Å². The van der Waals surface area contributed by atoms with Crippen LogP contribution in [0.2, 0.25) is 0 Å². The molecule has 4 saturated heterocycles. The monoisotopic (exact) mass is 1330 g/mol. The number of amides is 6. The lowest BCUT2D eigenvalue weighted by molar-refractivity contribution is -0.144. The lowest BCUT2D eigenvalue weighted by Gasteiger charge is -2.48. The van der Waals surface area contributed by atoms with Crippen LogP contribution in [0, 0.1) is 31.0 Å². The number of aryl methyl sites for hydroxylation is 2. The molecule has 1 spiro atoms. The van der Waals surface area contributed by atoms with E-state index in [-0.39, 0.29) is 78.9 Å². The van der Waals surface area contributed by atoms with Crippen LogP contribution < -0.4 is 26.2 Å². The number of carbonyl (C=O) groups is 6. The van der Waals surface area contributed by atoms with Gasteiger partial charge in [0.05, 0.1) is 63.4 Å². The van der Waals surface area contributed by atoms with Crippen LogP contribution in [0.4, 0.5) is 21.6 Å². The molecule has 3 aromatic heterocycles. The molecule has 4 atom stereocenters. The number of piperidine rings is 3. The Morgan fingerprint density at radius 1 is 0.812 bits per heavy atom. The molecule has 6 aromatic rings. The number of imidazole rings is 1. The van der Waals surface area contributed by atoms with E-state index in [0.29, 0.717) is 91.1 Å². The number of pyridine rings is 1. The number of anilines is 3. The van der Waals surface area contributed by atoms with Crippen molar-refractivity contribution in [1.29, 1.82) is 0 Å². The van der Waals surface area contributed by atoms with Gasteiger partial charge in [-0.25, -0.2) is 19.3 Å². The van der Waals surface area contributed by atoms with Gasteiger partial charge in [-0.2, -0.15) is 0 Å². The van der Waals surface area contributed by atoms with Crippen molar-refractivity contribution < 1.29 is 38.3 Å². The molecule has 96 heavy (non-hydrogen) atoms. The summed E-state index contributed by atoms with van der Waals surface area (Å²) in [4.78, 5) is 111. The molecule has 5 aliphatic heterocycles. The lowest BCUT2D eigenvalue weighted by Crippen LogP contribution is -2.59. The zero-order valence-electron chi connectivity index (χ0n) is 57.5. The number of nitrogens with one attached hydrogen (secondary N) is 4. The number of aliphatic hydroxyl groups is 1. The first-order valence-electron chi connectivity index (χ1n) is 34.9. The number of fused-ring (bicyclic) bond motifs is 3. The number of likely N-dealkylation sites (tertiary alicyclic amines) is 4. The summed E-state index contributed by atoms with van der Waals surface area (Å²) in [5, 5.41) is 23.2. The Balaban J connectivity index is 0.673. The number of nitrogens with zero attached hydrogens (tertiary/aromatic N) is 9. The van der Waals surface area contributed by atoms with E-state index in [1.165, 1.54) is 36.3 Å². The summed E-state index contributed by atoms with van der Waals surface area (Å²) >= 11 is 1.58. The van der Waals surface area contributed by atoms with E-state index in [9.17, 15) is 29.1 Å². The minimum absolute atomic E-state index is 0.00411. The van der Waals surface area contributed by atoms with E-state index in [4.69, 9.17) is 9.97 Å². The molecule has 5 fully saturated rings. The molecule has 0 unspecified atom stereocenters. The topological polar surface area (TPSA) is 231 Å². The van der Waals surface area contributed by atoms with E-state index < -0.39 is 40.7 Å². The number of aliphatic hydroxyl groups excluding tert-OH is 1. The molecule has 0 radical (unpaired) electrons. The molecule has 6 aliphatic rings. The maximum Gasteiger partial charge on any atom is 0.251 e. The Kier molecular flexibility index (Phi) is 20.0. The average Bonchev–Trinajstić information content (AvgIpc) is 1.55. The van der Waals surface area contributed by atoms with E-state index in [1.807, 2.05) is 114 Å². The summed E-state index contributed by atoms with van der Waals surface area (Å²) in [5.74, 6) is -1.01. The van der Waals surface area contributed by atoms with Crippen LogP contribution in [0.5, 0.6) is 0 Å². The third kappa shape index (κ3) is 14.1. The fourth-order valence-electron chi connectivity index (χ4n) is 15.6. The molecule has 512 valence electrons. The van der Waals surface area contributed by atoms with Crippen LogP contribution in [0.1, 0.15) is 177 Å². The molecule has 8 heterocycles. The molecule has 22 heteroatoms. The number of benzene rings is 3. The Labute approximate surface area is 567 Å². The van der Waals surface area contributed by atoms with E-state index in [1.54, 1.807) is 24.6 Å². The Bertz CT molecular complexity index is 3890. The summed E-state index contributed by atoms with van der Waals surface area (Å²) < 4.78 is 18.0. The third-order valence-electron chi connectivity index (χ3n) is 21.3. The quantitative estimate of drug-likeness (QED) is 0.0509. The smallest absolute Gasteiger partial charge is 0.251 e. The van der Waals surface area contributed by atoms with Gasteiger partial charge in [0.2, 0.25) is 29.5 Å². The number of β-amino-alcohol motifs (C(OH)–C–C–N with tert-alkyl or cyclic N) is 1. The Hall–Kier alpha value is -7.66. The molecule has 3 aromatic carbocycles. The summed E-state index contributed by atoms with van der Waals surface area (Å²) in [6.45, 7) is 23.6. The highest BCUT2D eigenvalue weighted by molar-refractivity contribution is 7.13. The largest absolute Gasteiger partial charge is 0.391 e. The van der Waals surface area contributed by atoms with Crippen LogP contribution in [0.25, 0.3) is 32.7 Å². The standard InChI is InChI=1S/C74H96FN13O7S/c1-43(2)78-69(92)55-37-59(57(75)32-45(55)5)81-68-65-60(76-41-87(65)44(3)4)38-58(80-68)51-19-20-56-61(33-51)88(53-34-52(35-53)84-26-12-11-13-27-84)72(95)74(56)24-30-85(31-25-74)64(91)21-14-48-22-28-83(29-23-48)40-63(90)82-67(73(8,9)10)71(94)86-39-54(89)36-62(86)70(93)79-46(6)49-15-17-50(18-16-49)66-47(7)77-42-96-66/h15-20,32-33,37-38,41-44,46,48,52-54,62,67,89H,11-14,21-31,34-36,39-40H2,1-10H3,(H,78,92)(H,79,93)(H,80,81)(H,82,90)/t46-,52-,53+,54+,62-,67+/m0/s1. The van der Waals surface area contributed by atoms with Gasteiger partial charge in [0.1, 0.15) is 23.4 Å². The second kappa shape index (κ2) is 28.1. The zero-order chi connectivity index (χ0) is 68.1. The van der Waals surface area contributed by atoms with Gasteiger partial charge in [-0.3, -0.25) is 33.7 Å². The highest BCUT2D eigenvalue weighted by Crippen LogP contribution is 2.52. The number of hydrogen-bond donors (Lipinski definition) is 5. The summed E-state index contributed by atoms with van der Waals surface area (Å²) in [6.07, 6.45) is 10.2. The fourth-order valence-corrected chi connectivity index (χ4v) is 16.4. The first kappa shape index (κ1) is 68.3. The number of hydrogen-bond acceptors (Lipinski definition) is 14. The Morgan fingerprint density at radius 3 is 2.19 bits per heavy atom. The molecule has 20 nitrogen and oxygen atoms in total. The van der Waals surface area contributed by atoms with Gasteiger partial charge in [0, 0.05) is 73.5 Å². The van der Waals surface area contributed by atoms with E-state index in [2.05, 4.69) is 53.1 Å². The maximum atomic E-state index is 16.0. The molecule has 1 saturated carbocycles. The fraction of sp³-hybridized carbons (Fsp3) is 0.554. The first-order valence-corrected chi connectivity index (χ1v) is 35.8. The van der Waals surface area contributed by atoms with Crippen molar-refractivity contribution in [3.63, 3.8) is 0 Å². The van der Waals surface area contributed by atoms with Gasteiger partial charge in [0.15, 0.2) is 5.82 Å². The van der Waals surface area contributed by atoms with Crippen LogP contribution in [-0.2, 0) is 29.4 Å². The van der Waals surface area contributed by atoms with Crippen molar-refractivity contribution in [3.05, 3.63) is 106 Å². The zero-order valence-corrected chi connectivity index (χ0v) is 58.3. The van der Waals surface area contributed by atoms with Gasteiger partial charge in [0.25, 0.3) is 5.91 Å². The average molecular weight is 1330 g/mol. The third-order valence-corrected chi connectivity index (χ3v) is 22.2. The van der Waals surface area contributed by atoms with Gasteiger partial charge in [-0.1, -0.05) is 63.6 Å². The predicted molar refractivity (Wildman–Crippen MR) is 372 cm³/mol. The highest BCUT2D eigenvalue weighted by Gasteiger charge is 2.56. The van der Waals surface area contributed by atoms with Crippen molar-refractivity contribution in [2.24, 2.45) is 11.3 Å². The van der Waals surface area contributed by atoms with Gasteiger partial charge >= 0.3 is 0 Å². The van der Waals surface area contributed by atoms with Crippen molar-refractivity contribution in [2.75, 3.05) is 62.6 Å². The minimum atomic E-state index is -0.946. The minimum Gasteiger partial charge on any atom is -0.391 e. The van der Waals surface area contributed by atoms with E-state index >= 15 is 9.18 Å². The van der Waals surface area contributed by atoms with Crippen LogP contribution in [0.15, 0.2) is 72.5 Å². The molecule has 6 amide bonds. The Morgan fingerprint density at radius 2 is 1.52 bits per heavy atom.